The highest BCUT2D eigenvalue weighted by Crippen LogP contribution is 2.30. The first-order chi connectivity index (χ1) is 16.2. The first-order valence-electron chi connectivity index (χ1n) is 11.2. The van der Waals surface area contributed by atoms with Crippen molar-refractivity contribution in [3.05, 3.63) is 94.3 Å². The molecule has 2 aromatic heterocycles. The van der Waals surface area contributed by atoms with Crippen LogP contribution < -0.4 is 10.6 Å². The third kappa shape index (κ3) is 5.64. The normalized spacial score (nSPS) is 10.3. The highest BCUT2D eigenvalue weighted by atomic mass is 16.3. The minimum absolute atomic E-state index is 0.279. The van der Waals surface area contributed by atoms with Crippen LogP contribution in [0.4, 0.5) is 23.0 Å². The van der Waals surface area contributed by atoms with Crippen molar-refractivity contribution in [3.63, 3.8) is 0 Å². The fourth-order valence-electron chi connectivity index (χ4n) is 3.42. The van der Waals surface area contributed by atoms with E-state index in [1.807, 2.05) is 88.4 Å². The molecule has 0 aliphatic carbocycles. The van der Waals surface area contributed by atoms with Crippen molar-refractivity contribution in [3.8, 4) is 11.5 Å². The van der Waals surface area contributed by atoms with E-state index >= 15 is 0 Å². The fourth-order valence-corrected chi connectivity index (χ4v) is 3.42. The lowest BCUT2D eigenvalue weighted by Crippen LogP contribution is -2.00. The van der Waals surface area contributed by atoms with Crippen molar-refractivity contribution in [1.82, 2.24) is 9.97 Å². The lowest BCUT2D eigenvalue weighted by Gasteiger charge is -2.13. The van der Waals surface area contributed by atoms with Gasteiger partial charge in [0.2, 0.25) is 0 Å². The van der Waals surface area contributed by atoms with Gasteiger partial charge in [0.1, 0.15) is 23.1 Å². The van der Waals surface area contributed by atoms with E-state index in [2.05, 4.69) is 20.6 Å². The summed E-state index contributed by atoms with van der Waals surface area (Å²) in [6.45, 7) is 11.3. The van der Waals surface area contributed by atoms with Gasteiger partial charge in [0, 0.05) is 11.4 Å². The Balaban J connectivity index is 0.000000191. The number of hydrogen-bond donors (Lipinski definition) is 4. The summed E-state index contributed by atoms with van der Waals surface area (Å²) in [6.07, 6.45) is 0. The summed E-state index contributed by atoms with van der Waals surface area (Å²) < 4.78 is 0. The summed E-state index contributed by atoms with van der Waals surface area (Å²) in [6, 6.07) is 19.8. The zero-order valence-corrected chi connectivity index (χ0v) is 20.6. The first kappa shape index (κ1) is 24.6. The quantitative estimate of drug-likeness (QED) is 0.267. The maximum atomic E-state index is 9.79. The molecule has 2 aromatic carbocycles. The largest absolute Gasteiger partial charge is 0.506 e. The molecule has 2 heterocycles. The number of aromatic hydroxyl groups is 2. The van der Waals surface area contributed by atoms with Crippen LogP contribution >= 0.6 is 0 Å². The highest BCUT2D eigenvalue weighted by Gasteiger charge is 2.11. The topological polar surface area (TPSA) is 90.3 Å². The molecule has 0 aliphatic heterocycles. The van der Waals surface area contributed by atoms with Gasteiger partial charge in [-0.1, -0.05) is 36.4 Å². The average Bonchev–Trinajstić information content (AvgIpc) is 2.85. The number of rotatable bonds is 4. The Morgan fingerprint density at radius 3 is 1.15 bits per heavy atom. The van der Waals surface area contributed by atoms with E-state index in [-0.39, 0.29) is 11.5 Å². The molecule has 0 unspecified atom stereocenters. The lowest BCUT2D eigenvalue weighted by molar-refractivity contribution is 0.462. The molecule has 4 rings (SSSR count). The number of aromatic nitrogens is 2. The molecule has 0 fully saturated rings. The van der Waals surface area contributed by atoms with Crippen LogP contribution in [0, 0.1) is 41.5 Å². The van der Waals surface area contributed by atoms with E-state index in [9.17, 15) is 10.2 Å². The van der Waals surface area contributed by atoms with Gasteiger partial charge in [-0.3, -0.25) is 0 Å². The van der Waals surface area contributed by atoms with Crippen molar-refractivity contribution in [1.29, 1.82) is 0 Å². The van der Waals surface area contributed by atoms with Crippen molar-refractivity contribution in [2.45, 2.75) is 41.5 Å². The van der Waals surface area contributed by atoms with Crippen LogP contribution in [0.2, 0.25) is 0 Å². The van der Waals surface area contributed by atoms with Crippen LogP contribution in [0.1, 0.15) is 33.6 Å². The van der Waals surface area contributed by atoms with Crippen molar-refractivity contribution in [2.24, 2.45) is 0 Å². The molecular weight excluding hydrogens is 424 g/mol. The molecule has 0 atom stereocenters. The minimum Gasteiger partial charge on any atom is -0.506 e. The maximum absolute atomic E-state index is 9.79. The van der Waals surface area contributed by atoms with Crippen molar-refractivity contribution in [2.75, 3.05) is 10.6 Å². The fraction of sp³-hybridized carbons (Fsp3) is 0.214. The summed E-state index contributed by atoms with van der Waals surface area (Å²) in [7, 11) is 0. The van der Waals surface area contributed by atoms with Crippen molar-refractivity contribution < 1.29 is 10.2 Å². The standard InChI is InChI=1S/2C14H16N2O/c2*1-9-10(2)14(15-11(3)13(9)17)16-12-7-5-4-6-8-12/h2*4-8,17H,1-3H3,(H,15,16). The summed E-state index contributed by atoms with van der Waals surface area (Å²) in [4.78, 5) is 8.73. The average molecular weight is 457 g/mol. The minimum atomic E-state index is 0.279. The van der Waals surface area contributed by atoms with Gasteiger partial charge in [-0.05, 0) is 88.1 Å². The Morgan fingerprint density at radius 2 is 0.824 bits per heavy atom. The van der Waals surface area contributed by atoms with Crippen LogP contribution in [0.25, 0.3) is 0 Å². The molecule has 4 aromatic rings. The predicted molar refractivity (Wildman–Crippen MR) is 140 cm³/mol. The third-order valence-electron chi connectivity index (χ3n) is 5.86. The molecule has 0 spiro atoms. The smallest absolute Gasteiger partial charge is 0.140 e. The maximum Gasteiger partial charge on any atom is 0.140 e. The zero-order chi connectivity index (χ0) is 24.8. The summed E-state index contributed by atoms with van der Waals surface area (Å²) in [5.74, 6) is 2.15. The third-order valence-corrected chi connectivity index (χ3v) is 5.86. The first-order valence-corrected chi connectivity index (χ1v) is 11.2. The second-order valence-corrected chi connectivity index (χ2v) is 8.27. The number of anilines is 4. The van der Waals surface area contributed by atoms with E-state index in [1.54, 1.807) is 13.8 Å². The monoisotopic (exact) mass is 456 g/mol. The number of aryl methyl sites for hydroxylation is 2. The molecule has 0 aliphatic rings. The van der Waals surface area contributed by atoms with E-state index in [4.69, 9.17) is 0 Å². The number of nitrogens with zero attached hydrogens (tertiary/aromatic N) is 2. The highest BCUT2D eigenvalue weighted by molar-refractivity contribution is 5.63. The van der Waals surface area contributed by atoms with Crippen LogP contribution in [-0.2, 0) is 0 Å². The van der Waals surface area contributed by atoms with E-state index in [1.165, 1.54) is 0 Å². The molecule has 0 amide bonds. The van der Waals surface area contributed by atoms with E-state index < -0.39 is 0 Å². The Bertz CT molecular complexity index is 1170. The van der Waals surface area contributed by atoms with Gasteiger partial charge in [0.05, 0.1) is 11.4 Å². The zero-order valence-electron chi connectivity index (χ0n) is 20.6. The number of pyridine rings is 2. The molecular formula is C28H32N4O2. The summed E-state index contributed by atoms with van der Waals surface area (Å²) in [5.41, 5.74) is 6.96. The van der Waals surface area contributed by atoms with Gasteiger partial charge in [-0.15, -0.1) is 0 Å². The predicted octanol–water partition coefficient (Wildman–Crippen LogP) is 6.91. The van der Waals surface area contributed by atoms with Gasteiger partial charge in [-0.25, -0.2) is 9.97 Å². The van der Waals surface area contributed by atoms with Gasteiger partial charge in [0.15, 0.2) is 0 Å². The second kappa shape index (κ2) is 10.7. The Hall–Kier alpha value is -4.06. The van der Waals surface area contributed by atoms with E-state index in [0.717, 1.165) is 45.3 Å². The Labute approximate surface area is 201 Å². The Kier molecular flexibility index (Phi) is 7.74. The SMILES string of the molecule is Cc1nc(Nc2ccccc2)c(C)c(C)c1O.Cc1nc(Nc2ccccc2)c(C)c(C)c1O. The van der Waals surface area contributed by atoms with Gasteiger partial charge in [-0.2, -0.15) is 0 Å². The van der Waals surface area contributed by atoms with Crippen LogP contribution in [0.3, 0.4) is 0 Å². The van der Waals surface area contributed by atoms with Gasteiger partial charge < -0.3 is 20.8 Å². The van der Waals surface area contributed by atoms with E-state index in [0.29, 0.717) is 11.4 Å². The van der Waals surface area contributed by atoms with Crippen LogP contribution in [-0.4, -0.2) is 20.2 Å². The molecule has 34 heavy (non-hydrogen) atoms. The Morgan fingerprint density at radius 1 is 0.500 bits per heavy atom. The molecule has 176 valence electrons. The molecule has 0 saturated heterocycles. The number of hydrogen-bond acceptors (Lipinski definition) is 6. The summed E-state index contributed by atoms with van der Waals surface area (Å²) in [5, 5.41) is 26.1. The molecule has 0 saturated carbocycles. The molecule has 0 radical (unpaired) electrons. The van der Waals surface area contributed by atoms with Crippen LogP contribution in [0.5, 0.6) is 11.5 Å². The number of nitrogens with one attached hydrogen (secondary N) is 2. The molecule has 4 N–H and O–H groups in total. The molecule has 6 heteroatoms. The number of para-hydroxylation sites is 2. The van der Waals surface area contributed by atoms with Crippen molar-refractivity contribution >= 4 is 23.0 Å². The molecule has 6 nitrogen and oxygen atoms in total. The summed E-state index contributed by atoms with van der Waals surface area (Å²) >= 11 is 0. The molecule has 0 bridgehead atoms. The van der Waals surface area contributed by atoms with Crippen LogP contribution in [0.15, 0.2) is 60.7 Å². The lowest BCUT2D eigenvalue weighted by atomic mass is 10.1. The second-order valence-electron chi connectivity index (χ2n) is 8.27. The van der Waals surface area contributed by atoms with Gasteiger partial charge >= 0.3 is 0 Å². The number of benzene rings is 2. The van der Waals surface area contributed by atoms with Gasteiger partial charge in [0.25, 0.3) is 0 Å².